The van der Waals surface area contributed by atoms with E-state index in [1.807, 2.05) is 19.9 Å². The number of aliphatic hydroxyl groups excluding tert-OH is 1. The van der Waals surface area contributed by atoms with E-state index >= 15 is 0 Å². The third-order valence-electron chi connectivity index (χ3n) is 1.10. The molecule has 2 heteroatoms. The van der Waals surface area contributed by atoms with Crippen molar-refractivity contribution in [1.82, 2.24) is 0 Å². The van der Waals surface area contributed by atoms with Gasteiger partial charge in [-0.3, -0.25) is 0 Å². The van der Waals surface area contributed by atoms with E-state index in [1.54, 1.807) is 0 Å². The highest BCUT2D eigenvalue weighted by Gasteiger charge is 2.01. The maximum atomic E-state index is 9.14. The van der Waals surface area contributed by atoms with Crippen LogP contribution in [0.4, 0.5) is 0 Å². The molecule has 0 spiro atoms. The van der Waals surface area contributed by atoms with E-state index in [2.05, 4.69) is 15.9 Å². The van der Waals surface area contributed by atoms with Gasteiger partial charge in [-0.15, -0.1) is 0 Å². The van der Waals surface area contributed by atoms with E-state index in [-0.39, 0.29) is 6.10 Å². The molecule has 0 aliphatic rings. The summed E-state index contributed by atoms with van der Waals surface area (Å²) < 4.78 is 0.910. The molecule has 1 atom stereocenters. The molecule has 9 heavy (non-hydrogen) atoms. The predicted octanol–water partition coefficient (Wildman–Crippen LogP) is 2.45. The largest absolute Gasteiger partial charge is 0.388 e. The molecule has 0 aliphatic carbocycles. The number of rotatable bonds is 3. The lowest BCUT2D eigenvalue weighted by atomic mass is 10.2. The normalized spacial score (nSPS) is 15.8. The highest BCUT2D eigenvalue weighted by atomic mass is 79.9. The predicted molar refractivity (Wildman–Crippen MR) is 43.6 cm³/mol. The van der Waals surface area contributed by atoms with Gasteiger partial charge in [0.25, 0.3) is 0 Å². The monoisotopic (exact) mass is 192 g/mol. The number of hydrogen-bond acceptors (Lipinski definition) is 1. The molecule has 0 saturated carbocycles. The molecule has 0 heterocycles. The highest BCUT2D eigenvalue weighted by molar-refractivity contribution is 9.11. The van der Waals surface area contributed by atoms with E-state index < -0.39 is 0 Å². The van der Waals surface area contributed by atoms with Crippen molar-refractivity contribution in [2.75, 3.05) is 0 Å². The first-order chi connectivity index (χ1) is 4.22. The van der Waals surface area contributed by atoms with E-state index in [1.165, 1.54) is 0 Å². The van der Waals surface area contributed by atoms with Crippen LogP contribution in [0.3, 0.4) is 0 Å². The third kappa shape index (κ3) is 3.71. The molecule has 1 N–H and O–H groups in total. The summed E-state index contributed by atoms with van der Waals surface area (Å²) in [5.41, 5.74) is 0. The van der Waals surface area contributed by atoms with Crippen molar-refractivity contribution >= 4 is 15.9 Å². The Morgan fingerprint density at radius 3 is 2.56 bits per heavy atom. The van der Waals surface area contributed by atoms with E-state index in [0.29, 0.717) is 0 Å². The Bertz CT molecular complexity index is 99.1. The van der Waals surface area contributed by atoms with Crippen molar-refractivity contribution in [1.29, 1.82) is 0 Å². The van der Waals surface area contributed by atoms with Crippen LogP contribution in [0.25, 0.3) is 0 Å². The van der Waals surface area contributed by atoms with Gasteiger partial charge in [-0.05, 0) is 12.8 Å². The zero-order chi connectivity index (χ0) is 7.28. The lowest BCUT2D eigenvalue weighted by Crippen LogP contribution is -2.02. The fourth-order valence-electron chi connectivity index (χ4n) is 0.526. The molecule has 0 bridgehead atoms. The van der Waals surface area contributed by atoms with Crippen LogP contribution in [0.15, 0.2) is 10.6 Å². The van der Waals surface area contributed by atoms with Crippen molar-refractivity contribution < 1.29 is 5.11 Å². The molecular formula is C7H13BrO. The van der Waals surface area contributed by atoms with Crippen LogP contribution >= 0.6 is 15.9 Å². The molecule has 0 fully saturated rings. The Balaban J connectivity index is 3.70. The van der Waals surface area contributed by atoms with Crippen LogP contribution in [-0.4, -0.2) is 11.2 Å². The average Bonchev–Trinajstić information content (AvgIpc) is 1.87. The highest BCUT2D eigenvalue weighted by Crippen LogP contribution is 2.13. The smallest absolute Gasteiger partial charge is 0.0848 e. The molecule has 1 nitrogen and oxygen atoms in total. The lowest BCUT2D eigenvalue weighted by Gasteiger charge is -2.04. The van der Waals surface area contributed by atoms with Crippen LogP contribution in [0.2, 0.25) is 0 Å². The van der Waals surface area contributed by atoms with Crippen molar-refractivity contribution in [3.63, 3.8) is 0 Å². The SMILES string of the molecule is CC/C=C(/Br)C(O)CC. The van der Waals surface area contributed by atoms with Gasteiger partial charge in [-0.25, -0.2) is 0 Å². The molecule has 0 aromatic rings. The summed E-state index contributed by atoms with van der Waals surface area (Å²) in [6, 6.07) is 0. The maximum Gasteiger partial charge on any atom is 0.0848 e. The minimum Gasteiger partial charge on any atom is -0.388 e. The fourth-order valence-corrected chi connectivity index (χ4v) is 1.17. The average molecular weight is 193 g/mol. The molecule has 0 rings (SSSR count). The van der Waals surface area contributed by atoms with Gasteiger partial charge in [0.05, 0.1) is 6.10 Å². The van der Waals surface area contributed by atoms with Crippen molar-refractivity contribution in [2.24, 2.45) is 0 Å². The maximum absolute atomic E-state index is 9.14. The molecule has 1 unspecified atom stereocenters. The van der Waals surface area contributed by atoms with Crippen LogP contribution < -0.4 is 0 Å². The van der Waals surface area contributed by atoms with Crippen molar-refractivity contribution in [3.8, 4) is 0 Å². The summed E-state index contributed by atoms with van der Waals surface area (Å²) in [6.45, 7) is 4.00. The first-order valence-electron chi connectivity index (χ1n) is 3.26. The summed E-state index contributed by atoms with van der Waals surface area (Å²) >= 11 is 3.27. The van der Waals surface area contributed by atoms with Crippen molar-refractivity contribution in [2.45, 2.75) is 32.8 Å². The summed E-state index contributed by atoms with van der Waals surface area (Å²) in [6.07, 6.45) is 3.42. The second kappa shape index (κ2) is 5.00. The second-order valence-electron chi connectivity index (χ2n) is 1.92. The topological polar surface area (TPSA) is 20.2 Å². The van der Waals surface area contributed by atoms with Crippen LogP contribution in [0, 0.1) is 0 Å². The molecule has 0 aliphatic heterocycles. The number of hydrogen-bond donors (Lipinski definition) is 1. The van der Waals surface area contributed by atoms with E-state index in [9.17, 15) is 0 Å². The molecule has 0 radical (unpaired) electrons. The molecule has 54 valence electrons. The number of allylic oxidation sites excluding steroid dienone is 1. The van der Waals surface area contributed by atoms with Gasteiger partial charge >= 0.3 is 0 Å². The van der Waals surface area contributed by atoms with Gasteiger partial charge in [0.15, 0.2) is 0 Å². The van der Waals surface area contributed by atoms with Gasteiger partial charge in [-0.1, -0.05) is 35.9 Å². The first kappa shape index (κ1) is 9.18. The van der Waals surface area contributed by atoms with Gasteiger partial charge < -0.3 is 5.11 Å². The Morgan fingerprint density at radius 1 is 1.67 bits per heavy atom. The third-order valence-corrected chi connectivity index (χ3v) is 1.96. The van der Waals surface area contributed by atoms with Crippen LogP contribution in [0.1, 0.15) is 26.7 Å². The Morgan fingerprint density at radius 2 is 2.22 bits per heavy atom. The van der Waals surface area contributed by atoms with Crippen LogP contribution in [-0.2, 0) is 0 Å². The number of halogens is 1. The Kier molecular flexibility index (Phi) is 5.10. The molecule has 0 saturated heterocycles. The van der Waals surface area contributed by atoms with Crippen molar-refractivity contribution in [3.05, 3.63) is 10.6 Å². The second-order valence-corrected chi connectivity index (χ2v) is 2.84. The fraction of sp³-hybridized carbons (Fsp3) is 0.714. The molecule has 0 aromatic carbocycles. The Hall–Kier alpha value is 0.180. The van der Waals surface area contributed by atoms with Crippen LogP contribution in [0.5, 0.6) is 0 Å². The van der Waals surface area contributed by atoms with E-state index in [0.717, 1.165) is 17.3 Å². The Labute approximate surface area is 64.9 Å². The minimum absolute atomic E-state index is 0.301. The zero-order valence-corrected chi connectivity index (χ0v) is 7.48. The standard InChI is InChI=1S/C7H13BrO/c1-3-5-6(8)7(9)4-2/h5,7,9H,3-4H2,1-2H3/b6-5+. The van der Waals surface area contributed by atoms with Gasteiger partial charge in [0.1, 0.15) is 0 Å². The molecule has 0 aromatic heterocycles. The van der Waals surface area contributed by atoms with E-state index in [4.69, 9.17) is 5.11 Å². The van der Waals surface area contributed by atoms with Gasteiger partial charge in [0, 0.05) is 4.48 Å². The molecular weight excluding hydrogens is 180 g/mol. The summed E-state index contributed by atoms with van der Waals surface area (Å²) in [7, 11) is 0. The molecule has 0 amide bonds. The van der Waals surface area contributed by atoms with Gasteiger partial charge in [0.2, 0.25) is 0 Å². The summed E-state index contributed by atoms with van der Waals surface area (Å²) in [5.74, 6) is 0. The first-order valence-corrected chi connectivity index (χ1v) is 4.05. The zero-order valence-electron chi connectivity index (χ0n) is 5.89. The number of aliphatic hydroxyl groups is 1. The summed E-state index contributed by atoms with van der Waals surface area (Å²) in [5, 5.41) is 9.14. The quantitative estimate of drug-likeness (QED) is 0.729. The summed E-state index contributed by atoms with van der Waals surface area (Å²) in [4.78, 5) is 0. The lowest BCUT2D eigenvalue weighted by molar-refractivity contribution is 0.216. The minimum atomic E-state index is -0.301. The van der Waals surface area contributed by atoms with Gasteiger partial charge in [-0.2, -0.15) is 0 Å².